The Balaban J connectivity index is 2.08. The quantitative estimate of drug-likeness (QED) is 0.731. The minimum absolute atomic E-state index is 0.333. The topological polar surface area (TPSA) is 44.2 Å². The van der Waals surface area contributed by atoms with Crippen LogP contribution in [0.2, 0.25) is 0 Å². The van der Waals surface area contributed by atoms with Crippen molar-refractivity contribution in [3.8, 4) is 0 Å². The lowest BCUT2D eigenvalue weighted by Gasteiger charge is -2.32. The van der Waals surface area contributed by atoms with Gasteiger partial charge < -0.3 is 9.31 Å². The summed E-state index contributed by atoms with van der Waals surface area (Å²) in [6, 6.07) is 6.02. The van der Waals surface area contributed by atoms with Gasteiger partial charge in [0.25, 0.3) is 0 Å². The molecule has 2 heterocycles. The van der Waals surface area contributed by atoms with Crippen LogP contribution >= 0.6 is 0 Å². The van der Waals surface area contributed by atoms with E-state index >= 15 is 0 Å². The van der Waals surface area contributed by atoms with Crippen LogP contribution in [0.4, 0.5) is 0 Å². The van der Waals surface area contributed by atoms with Crippen LogP contribution < -0.4 is 5.46 Å². The van der Waals surface area contributed by atoms with E-state index in [9.17, 15) is 0 Å². The van der Waals surface area contributed by atoms with Crippen LogP contribution in [0.1, 0.15) is 27.7 Å². The molecule has 1 fully saturated rings. The minimum atomic E-state index is -0.363. The molecular weight excluding hydrogens is 239 g/mol. The van der Waals surface area contributed by atoms with Gasteiger partial charge in [-0.1, -0.05) is 18.2 Å². The van der Waals surface area contributed by atoms with Gasteiger partial charge in [-0.15, -0.1) is 0 Å². The van der Waals surface area contributed by atoms with E-state index in [4.69, 9.17) is 9.31 Å². The summed E-state index contributed by atoms with van der Waals surface area (Å²) in [5.41, 5.74) is 0.340. The predicted molar refractivity (Wildman–Crippen MR) is 75.3 cm³/mol. The van der Waals surface area contributed by atoms with E-state index in [-0.39, 0.29) is 18.3 Å². The summed E-state index contributed by atoms with van der Waals surface area (Å²) in [5.74, 6) is 0. The van der Waals surface area contributed by atoms with Crippen LogP contribution in [0, 0.1) is 0 Å². The van der Waals surface area contributed by atoms with Crippen LogP contribution in [0.5, 0.6) is 0 Å². The zero-order chi connectivity index (χ0) is 13.7. The maximum Gasteiger partial charge on any atom is 0.495 e. The molecule has 5 heteroatoms. The molecule has 0 bridgehead atoms. The number of hydrogen-bond acceptors (Lipinski definition) is 4. The molecule has 1 aliphatic rings. The Morgan fingerprint density at radius 3 is 2.26 bits per heavy atom. The van der Waals surface area contributed by atoms with E-state index in [1.807, 2.05) is 18.2 Å². The van der Waals surface area contributed by atoms with Gasteiger partial charge in [0.1, 0.15) is 0 Å². The highest BCUT2D eigenvalue weighted by Crippen LogP contribution is 2.36. The van der Waals surface area contributed by atoms with E-state index in [1.165, 1.54) is 0 Å². The van der Waals surface area contributed by atoms with Crippen molar-refractivity contribution >= 4 is 23.4 Å². The summed E-state index contributed by atoms with van der Waals surface area (Å²) in [5, 5.41) is 9.93. The number of nitrogens with zero attached hydrogens (tertiary/aromatic N) is 2. The van der Waals surface area contributed by atoms with Crippen LogP contribution in [0.25, 0.3) is 10.8 Å². The van der Waals surface area contributed by atoms with Crippen molar-refractivity contribution in [1.82, 2.24) is 10.2 Å². The first-order valence-electron chi connectivity index (χ1n) is 6.46. The van der Waals surface area contributed by atoms with Crippen molar-refractivity contribution in [3.63, 3.8) is 0 Å². The minimum Gasteiger partial charge on any atom is -0.399 e. The Kier molecular flexibility index (Phi) is 2.66. The average Bonchev–Trinajstić information content (AvgIpc) is 2.58. The van der Waals surface area contributed by atoms with Gasteiger partial charge in [0, 0.05) is 10.8 Å². The molecule has 1 aromatic heterocycles. The fraction of sp³-hybridized carbons (Fsp3) is 0.429. The van der Waals surface area contributed by atoms with Gasteiger partial charge in [0.2, 0.25) is 0 Å². The summed E-state index contributed by atoms with van der Waals surface area (Å²) < 4.78 is 12.2. The van der Waals surface area contributed by atoms with Crippen molar-refractivity contribution in [2.75, 3.05) is 0 Å². The number of benzene rings is 1. The molecule has 98 valence electrons. The third-order valence-electron chi connectivity index (χ3n) is 4.13. The molecule has 3 rings (SSSR count). The second-order valence-corrected chi connectivity index (χ2v) is 5.93. The van der Waals surface area contributed by atoms with Crippen molar-refractivity contribution < 1.29 is 9.31 Å². The third kappa shape index (κ3) is 1.93. The second kappa shape index (κ2) is 4.02. The summed E-state index contributed by atoms with van der Waals surface area (Å²) in [4.78, 5) is 0. The Bertz CT molecular complexity index is 606. The fourth-order valence-electron chi connectivity index (χ4n) is 2.23. The largest absolute Gasteiger partial charge is 0.495 e. The van der Waals surface area contributed by atoms with Crippen molar-refractivity contribution in [1.29, 1.82) is 0 Å². The molecule has 0 spiro atoms. The van der Waals surface area contributed by atoms with Crippen LogP contribution in [0.15, 0.2) is 30.6 Å². The highest BCUT2D eigenvalue weighted by atomic mass is 16.7. The maximum atomic E-state index is 6.09. The van der Waals surface area contributed by atoms with E-state index < -0.39 is 0 Å². The first kappa shape index (κ1) is 12.6. The molecule has 4 nitrogen and oxygen atoms in total. The highest BCUT2D eigenvalue weighted by Gasteiger charge is 2.52. The molecule has 2 aromatic rings. The first-order valence-corrected chi connectivity index (χ1v) is 6.46. The lowest BCUT2D eigenvalue weighted by atomic mass is 9.76. The monoisotopic (exact) mass is 256 g/mol. The average molecular weight is 256 g/mol. The molecule has 0 unspecified atom stereocenters. The van der Waals surface area contributed by atoms with Gasteiger partial charge in [0.05, 0.1) is 23.6 Å². The summed E-state index contributed by atoms with van der Waals surface area (Å²) in [6.45, 7) is 8.21. The molecule has 0 amide bonds. The number of hydrogen-bond donors (Lipinski definition) is 0. The molecule has 0 radical (unpaired) electrons. The number of fused-ring (bicyclic) bond motifs is 1. The van der Waals surface area contributed by atoms with Crippen molar-refractivity contribution in [2.24, 2.45) is 0 Å². The molecule has 0 atom stereocenters. The van der Waals surface area contributed by atoms with E-state index in [1.54, 1.807) is 12.4 Å². The van der Waals surface area contributed by atoms with Gasteiger partial charge in [-0.2, -0.15) is 10.2 Å². The fourth-order valence-corrected chi connectivity index (χ4v) is 2.23. The Morgan fingerprint density at radius 1 is 0.947 bits per heavy atom. The molecule has 1 saturated heterocycles. The predicted octanol–water partition coefficient (Wildman–Crippen LogP) is 1.93. The number of aromatic nitrogens is 2. The highest BCUT2D eigenvalue weighted by molar-refractivity contribution is 6.65. The maximum absolute atomic E-state index is 6.09. The van der Waals surface area contributed by atoms with E-state index in [0.29, 0.717) is 0 Å². The smallest absolute Gasteiger partial charge is 0.399 e. The van der Waals surface area contributed by atoms with Crippen molar-refractivity contribution in [3.05, 3.63) is 30.6 Å². The SMILES string of the molecule is CC1(C)OB(c2cccc3cnncc23)OC1(C)C. The van der Waals surface area contributed by atoms with Gasteiger partial charge in [-0.3, -0.25) is 0 Å². The normalized spacial score (nSPS) is 20.9. The van der Waals surface area contributed by atoms with Gasteiger partial charge in [-0.05, 0) is 33.2 Å². The van der Waals surface area contributed by atoms with Crippen LogP contribution in [-0.2, 0) is 9.31 Å². The van der Waals surface area contributed by atoms with Gasteiger partial charge in [-0.25, -0.2) is 0 Å². The van der Waals surface area contributed by atoms with Gasteiger partial charge >= 0.3 is 7.12 Å². The zero-order valence-electron chi connectivity index (χ0n) is 11.7. The Morgan fingerprint density at radius 2 is 1.58 bits per heavy atom. The lowest BCUT2D eigenvalue weighted by Crippen LogP contribution is -2.41. The second-order valence-electron chi connectivity index (χ2n) is 5.93. The third-order valence-corrected chi connectivity index (χ3v) is 4.13. The number of rotatable bonds is 1. The van der Waals surface area contributed by atoms with Gasteiger partial charge in [0.15, 0.2) is 0 Å². The Labute approximate surface area is 113 Å². The van der Waals surface area contributed by atoms with Crippen molar-refractivity contribution in [2.45, 2.75) is 38.9 Å². The standard InChI is InChI=1S/C14H17BN2O2/c1-13(2)14(3,4)19-15(18-13)12-7-5-6-10-8-16-17-9-11(10)12/h5-9H,1-4H3. The molecule has 0 saturated carbocycles. The molecule has 19 heavy (non-hydrogen) atoms. The summed E-state index contributed by atoms with van der Waals surface area (Å²) >= 11 is 0. The molecule has 0 aliphatic carbocycles. The molecule has 0 N–H and O–H groups in total. The molecular formula is C14H17BN2O2. The van der Waals surface area contributed by atoms with Crippen LogP contribution in [0.3, 0.4) is 0 Å². The van der Waals surface area contributed by atoms with Crippen LogP contribution in [-0.4, -0.2) is 28.5 Å². The van der Waals surface area contributed by atoms with E-state index in [2.05, 4.69) is 37.9 Å². The summed E-state index contributed by atoms with van der Waals surface area (Å²) in [6.07, 6.45) is 3.51. The lowest BCUT2D eigenvalue weighted by molar-refractivity contribution is 0.00578. The Hall–Kier alpha value is -1.46. The molecule has 1 aromatic carbocycles. The first-order chi connectivity index (χ1) is 8.91. The van der Waals surface area contributed by atoms with E-state index in [0.717, 1.165) is 16.2 Å². The summed E-state index contributed by atoms with van der Waals surface area (Å²) in [7, 11) is -0.363. The molecule has 1 aliphatic heterocycles. The zero-order valence-corrected chi connectivity index (χ0v) is 11.7.